The molecule has 0 saturated carbocycles. The van der Waals surface area contributed by atoms with E-state index in [1.165, 1.54) is 12.1 Å². The van der Waals surface area contributed by atoms with Crippen molar-refractivity contribution < 1.29 is 13.9 Å². The van der Waals surface area contributed by atoms with Crippen LogP contribution in [0.3, 0.4) is 0 Å². The van der Waals surface area contributed by atoms with E-state index in [1.54, 1.807) is 19.2 Å². The van der Waals surface area contributed by atoms with E-state index in [0.29, 0.717) is 25.9 Å². The molecule has 0 aromatic heterocycles. The third kappa shape index (κ3) is 4.81. The summed E-state index contributed by atoms with van der Waals surface area (Å²) in [5.74, 6) is -0.342. The molecule has 1 atom stereocenters. The van der Waals surface area contributed by atoms with Crippen LogP contribution in [-0.2, 0) is 9.53 Å². The summed E-state index contributed by atoms with van der Waals surface area (Å²) in [6, 6.07) is 6.04. The molecule has 0 bridgehead atoms. The Kier molecular flexibility index (Phi) is 6.32. The average Bonchev–Trinajstić information content (AvgIpc) is 2.39. The highest BCUT2D eigenvalue weighted by atomic mass is 19.1. The van der Waals surface area contributed by atoms with Crippen LogP contribution in [0.15, 0.2) is 24.3 Å². The van der Waals surface area contributed by atoms with Crippen molar-refractivity contribution in [1.82, 2.24) is 5.32 Å². The van der Waals surface area contributed by atoms with E-state index >= 15 is 0 Å². The number of hydrogen-bond acceptors (Lipinski definition) is 3. The fraction of sp³-hybridized carbons (Fsp3) is 0.462. The lowest BCUT2D eigenvalue weighted by Gasteiger charge is -2.16. The molecule has 18 heavy (non-hydrogen) atoms. The van der Waals surface area contributed by atoms with Crippen molar-refractivity contribution in [3.05, 3.63) is 35.6 Å². The number of halogens is 1. The molecule has 1 unspecified atom stereocenters. The fourth-order valence-corrected chi connectivity index (χ4v) is 1.57. The predicted octanol–water partition coefficient (Wildman–Crippen LogP) is 1.37. The van der Waals surface area contributed by atoms with Gasteiger partial charge in [-0.1, -0.05) is 12.1 Å². The van der Waals surface area contributed by atoms with E-state index in [2.05, 4.69) is 5.32 Å². The molecule has 5 heteroatoms. The smallest absolute Gasteiger partial charge is 0.220 e. The Hall–Kier alpha value is -1.46. The first-order chi connectivity index (χ1) is 8.67. The lowest BCUT2D eigenvalue weighted by atomic mass is 10.1. The van der Waals surface area contributed by atoms with Crippen molar-refractivity contribution in [2.24, 2.45) is 5.73 Å². The molecule has 1 rings (SSSR count). The minimum atomic E-state index is -0.291. The van der Waals surface area contributed by atoms with Crippen LogP contribution in [0, 0.1) is 5.82 Å². The normalized spacial score (nSPS) is 12.2. The number of nitrogens with one attached hydrogen (secondary N) is 1. The number of methoxy groups -OCH3 is 1. The van der Waals surface area contributed by atoms with Gasteiger partial charge in [-0.25, -0.2) is 4.39 Å². The van der Waals surface area contributed by atoms with Gasteiger partial charge in [0.2, 0.25) is 5.91 Å². The van der Waals surface area contributed by atoms with Crippen molar-refractivity contribution in [2.45, 2.75) is 18.9 Å². The molecule has 0 aliphatic rings. The number of rotatable bonds is 7. The number of nitrogens with two attached hydrogens (primary N) is 1. The van der Waals surface area contributed by atoms with Crippen molar-refractivity contribution >= 4 is 5.91 Å². The summed E-state index contributed by atoms with van der Waals surface area (Å²) in [5, 5.41) is 2.77. The number of hydrogen-bond donors (Lipinski definition) is 2. The molecule has 0 saturated heterocycles. The lowest BCUT2D eigenvalue weighted by Crippen LogP contribution is -2.29. The van der Waals surface area contributed by atoms with Crippen LogP contribution >= 0.6 is 0 Å². The molecule has 1 aromatic carbocycles. The summed E-state index contributed by atoms with van der Waals surface area (Å²) in [5.41, 5.74) is 6.16. The molecular formula is C13H19FN2O2. The largest absolute Gasteiger partial charge is 0.375 e. The molecule has 100 valence electrons. The van der Waals surface area contributed by atoms with Gasteiger partial charge in [0.15, 0.2) is 0 Å². The third-order valence-corrected chi connectivity index (χ3v) is 2.62. The topological polar surface area (TPSA) is 64.3 Å². The van der Waals surface area contributed by atoms with E-state index in [1.807, 2.05) is 0 Å². The minimum absolute atomic E-state index is 0.0513. The standard InChI is InChI=1S/C13H19FN2O2/c1-18-12(9-16-13(17)3-2-8-15)10-4-6-11(14)7-5-10/h4-7,12H,2-3,8-9,15H2,1H3,(H,16,17). The molecule has 1 amide bonds. The van der Waals surface area contributed by atoms with Gasteiger partial charge in [0.1, 0.15) is 5.82 Å². The summed E-state index contributed by atoms with van der Waals surface area (Å²) in [6.45, 7) is 0.866. The molecule has 3 N–H and O–H groups in total. The molecule has 0 aliphatic carbocycles. The Balaban J connectivity index is 2.47. The quantitative estimate of drug-likeness (QED) is 0.772. The van der Waals surface area contributed by atoms with E-state index in [9.17, 15) is 9.18 Å². The summed E-state index contributed by atoms with van der Waals surface area (Å²) >= 11 is 0. The Morgan fingerprint density at radius 1 is 1.44 bits per heavy atom. The summed E-state index contributed by atoms with van der Waals surface area (Å²) < 4.78 is 18.1. The lowest BCUT2D eigenvalue weighted by molar-refractivity contribution is -0.121. The Labute approximate surface area is 106 Å². The molecule has 0 radical (unpaired) electrons. The molecule has 0 spiro atoms. The maximum absolute atomic E-state index is 12.8. The van der Waals surface area contributed by atoms with Gasteiger partial charge in [0.05, 0.1) is 6.10 Å². The van der Waals surface area contributed by atoms with Crippen LogP contribution in [0.5, 0.6) is 0 Å². The highest BCUT2D eigenvalue weighted by molar-refractivity contribution is 5.75. The summed E-state index contributed by atoms with van der Waals surface area (Å²) in [4.78, 5) is 11.4. The fourth-order valence-electron chi connectivity index (χ4n) is 1.57. The summed E-state index contributed by atoms with van der Waals surface area (Å²) in [7, 11) is 1.56. The van der Waals surface area contributed by atoms with Crippen LogP contribution < -0.4 is 11.1 Å². The van der Waals surface area contributed by atoms with Gasteiger partial charge in [-0.2, -0.15) is 0 Å². The summed E-state index contributed by atoms with van der Waals surface area (Å²) in [6.07, 6.45) is 0.809. The molecule has 1 aromatic rings. The minimum Gasteiger partial charge on any atom is -0.375 e. The van der Waals surface area contributed by atoms with Crippen LogP contribution in [0.1, 0.15) is 24.5 Å². The monoisotopic (exact) mass is 254 g/mol. The van der Waals surface area contributed by atoms with E-state index in [-0.39, 0.29) is 17.8 Å². The Morgan fingerprint density at radius 3 is 2.67 bits per heavy atom. The van der Waals surface area contributed by atoms with Crippen LogP contribution in [0.2, 0.25) is 0 Å². The van der Waals surface area contributed by atoms with Gasteiger partial charge < -0.3 is 15.8 Å². The van der Waals surface area contributed by atoms with E-state index < -0.39 is 0 Å². The second-order valence-electron chi connectivity index (χ2n) is 3.97. The maximum Gasteiger partial charge on any atom is 0.220 e. The number of carbonyl (C=O) groups excluding carboxylic acids is 1. The Bertz CT molecular complexity index is 368. The van der Waals surface area contributed by atoms with E-state index in [4.69, 9.17) is 10.5 Å². The number of benzene rings is 1. The van der Waals surface area contributed by atoms with Gasteiger partial charge >= 0.3 is 0 Å². The third-order valence-electron chi connectivity index (χ3n) is 2.62. The first-order valence-electron chi connectivity index (χ1n) is 5.92. The van der Waals surface area contributed by atoms with Crippen molar-refractivity contribution in [3.8, 4) is 0 Å². The molecule has 0 fully saturated rings. The SMILES string of the molecule is COC(CNC(=O)CCCN)c1ccc(F)cc1. The average molecular weight is 254 g/mol. The number of carbonyl (C=O) groups is 1. The van der Waals surface area contributed by atoms with Gasteiger partial charge in [-0.05, 0) is 30.7 Å². The van der Waals surface area contributed by atoms with Gasteiger partial charge in [0, 0.05) is 20.1 Å². The van der Waals surface area contributed by atoms with Gasteiger partial charge in [0.25, 0.3) is 0 Å². The zero-order valence-corrected chi connectivity index (χ0v) is 10.5. The highest BCUT2D eigenvalue weighted by Gasteiger charge is 2.11. The second-order valence-corrected chi connectivity index (χ2v) is 3.97. The molecular weight excluding hydrogens is 235 g/mol. The van der Waals surface area contributed by atoms with Crippen molar-refractivity contribution in [2.75, 3.05) is 20.2 Å². The number of amides is 1. The van der Waals surface area contributed by atoms with Gasteiger partial charge in [-0.3, -0.25) is 4.79 Å². The molecule has 0 aliphatic heterocycles. The van der Waals surface area contributed by atoms with Crippen LogP contribution in [-0.4, -0.2) is 26.1 Å². The zero-order valence-electron chi connectivity index (χ0n) is 10.5. The van der Waals surface area contributed by atoms with Crippen LogP contribution in [0.4, 0.5) is 4.39 Å². The van der Waals surface area contributed by atoms with Crippen molar-refractivity contribution in [1.29, 1.82) is 0 Å². The predicted molar refractivity (Wildman–Crippen MR) is 67.4 cm³/mol. The first kappa shape index (κ1) is 14.6. The first-order valence-corrected chi connectivity index (χ1v) is 5.92. The van der Waals surface area contributed by atoms with Crippen LogP contribution in [0.25, 0.3) is 0 Å². The zero-order chi connectivity index (χ0) is 13.4. The molecule has 4 nitrogen and oxygen atoms in total. The van der Waals surface area contributed by atoms with E-state index in [0.717, 1.165) is 5.56 Å². The molecule has 0 heterocycles. The van der Waals surface area contributed by atoms with Crippen molar-refractivity contribution in [3.63, 3.8) is 0 Å². The number of ether oxygens (including phenoxy) is 1. The maximum atomic E-state index is 12.8. The highest BCUT2D eigenvalue weighted by Crippen LogP contribution is 2.16. The van der Waals surface area contributed by atoms with Gasteiger partial charge in [-0.15, -0.1) is 0 Å². The Morgan fingerprint density at radius 2 is 2.11 bits per heavy atom. The second kappa shape index (κ2) is 7.79.